The number of benzene rings is 2. The Morgan fingerprint density at radius 2 is 0.545 bits per heavy atom. The number of halogens is 12. The molecule has 0 saturated heterocycles. The molecular weight excluding hydrogens is 1190 g/mol. The van der Waals surface area contributed by atoms with Gasteiger partial charge in [-0.25, -0.2) is 0 Å². The van der Waals surface area contributed by atoms with Gasteiger partial charge in [0.2, 0.25) is 0 Å². The van der Waals surface area contributed by atoms with Crippen molar-refractivity contribution >= 4 is 39.1 Å². The molecule has 0 aliphatic carbocycles. The Hall–Kier alpha value is -4.64. The first-order chi connectivity index (χ1) is 34.0. The Morgan fingerprint density at radius 1 is 0.377 bits per heavy atom. The van der Waals surface area contributed by atoms with Gasteiger partial charge in [-0.1, -0.05) is 119 Å². The summed E-state index contributed by atoms with van der Waals surface area (Å²) in [5.74, 6) is 2.31. The van der Waals surface area contributed by atoms with Gasteiger partial charge in [0.15, 0.2) is 0 Å². The van der Waals surface area contributed by atoms with Crippen molar-refractivity contribution in [1.29, 1.82) is 10.5 Å². The summed E-state index contributed by atoms with van der Waals surface area (Å²) in [6.07, 6.45) is 7.51. The van der Waals surface area contributed by atoms with E-state index < -0.39 is 15.6 Å². The molecule has 0 N–H and O–H groups in total. The fourth-order valence-electron chi connectivity index (χ4n) is 5.50. The van der Waals surface area contributed by atoms with Crippen molar-refractivity contribution in [3.63, 3.8) is 0 Å². The van der Waals surface area contributed by atoms with Crippen LogP contribution in [0.1, 0.15) is 119 Å². The van der Waals surface area contributed by atoms with E-state index in [2.05, 4.69) is 212 Å². The number of hydrogen-bond acceptors (Lipinski definition) is 8. The van der Waals surface area contributed by atoms with Crippen molar-refractivity contribution in [2.75, 3.05) is 11.5 Å². The Bertz CT molecular complexity index is 2470. The molecule has 6 aromatic rings. The van der Waals surface area contributed by atoms with E-state index in [1.54, 1.807) is 12.1 Å². The van der Waals surface area contributed by atoms with Crippen molar-refractivity contribution in [1.82, 2.24) is 19.9 Å². The van der Waals surface area contributed by atoms with E-state index in [9.17, 15) is 50.4 Å². The normalized spacial score (nSPS) is 13.0. The van der Waals surface area contributed by atoms with Crippen molar-refractivity contribution in [3.05, 3.63) is 156 Å². The van der Waals surface area contributed by atoms with Crippen LogP contribution in [0.4, 0.5) is 50.4 Å². The van der Waals surface area contributed by atoms with Crippen molar-refractivity contribution in [3.8, 4) is 34.9 Å². The molecule has 77 heavy (non-hydrogen) atoms. The number of thioether (sulfide) groups is 2. The number of nitrogens with zero attached hydrogens (tertiary/aromatic N) is 6. The average Bonchev–Trinajstić information content (AvgIpc) is 3.27. The molecule has 428 valence electrons. The predicted molar refractivity (Wildman–Crippen MR) is 294 cm³/mol. The van der Waals surface area contributed by atoms with Crippen LogP contribution in [-0.2, 0) is 41.1 Å². The van der Waals surface area contributed by atoms with Gasteiger partial charge in [-0.05, 0) is 117 Å². The van der Waals surface area contributed by atoms with E-state index in [0.29, 0.717) is 0 Å². The second-order valence-corrected chi connectivity index (χ2v) is 26.6. The summed E-state index contributed by atoms with van der Waals surface area (Å²) in [6.45, 7) is 29.4. The summed E-state index contributed by atoms with van der Waals surface area (Å²) < 4.78 is 118. The molecule has 0 bridgehead atoms. The van der Waals surface area contributed by atoms with Crippen molar-refractivity contribution < 1.29 is 69.8 Å². The van der Waals surface area contributed by atoms with E-state index in [1.165, 1.54) is 45.9 Å². The van der Waals surface area contributed by atoms with Crippen LogP contribution < -0.4 is 0 Å². The first-order valence-electron chi connectivity index (χ1n) is 23.0. The van der Waals surface area contributed by atoms with Gasteiger partial charge >= 0.3 is 85.5 Å². The molecule has 2 aromatic carbocycles. The molecule has 0 fully saturated rings. The van der Waals surface area contributed by atoms with Gasteiger partial charge in [0.05, 0.1) is 34.9 Å². The molecule has 0 atom stereocenters. The monoisotopic (exact) mass is 1260 g/mol. The third-order valence-electron chi connectivity index (χ3n) is 9.14. The third-order valence-corrected chi connectivity index (χ3v) is 11.4. The van der Waals surface area contributed by atoms with Crippen molar-refractivity contribution in [2.45, 2.75) is 128 Å². The number of pyridine rings is 4. The summed E-state index contributed by atoms with van der Waals surface area (Å²) >= 11 is 3.84. The molecule has 0 radical (unpaired) electrons. The summed E-state index contributed by atoms with van der Waals surface area (Å²) in [5, 5.41) is 14.6. The first-order valence-corrected chi connectivity index (χ1v) is 29.0. The minimum Gasteiger partial charge on any atom is -0.125 e. The molecule has 6 rings (SSSR count). The van der Waals surface area contributed by atoms with Gasteiger partial charge in [0.1, 0.15) is 0 Å². The maximum Gasteiger partial charge on any atom is 2.00 e. The van der Waals surface area contributed by atoms with Gasteiger partial charge in [-0.2, -0.15) is 10.5 Å². The molecule has 0 spiro atoms. The summed E-state index contributed by atoms with van der Waals surface area (Å²) in [6, 6.07) is 41.5. The molecule has 0 amide bonds. The zero-order valence-electron chi connectivity index (χ0n) is 45.4. The Morgan fingerprint density at radius 3 is 0.701 bits per heavy atom. The van der Waals surface area contributed by atoms with Gasteiger partial charge in [0.25, 0.3) is 0 Å². The van der Waals surface area contributed by atoms with E-state index >= 15 is 0 Å². The quantitative estimate of drug-likeness (QED) is 0.0512. The van der Waals surface area contributed by atoms with Gasteiger partial charge in [0, 0.05) is 59.9 Å². The maximum absolute atomic E-state index is 10.7. The zero-order chi connectivity index (χ0) is 59.2. The van der Waals surface area contributed by atoms with E-state index in [0.717, 1.165) is 34.3 Å². The van der Waals surface area contributed by atoms with Gasteiger partial charge < -0.3 is 0 Å². The van der Waals surface area contributed by atoms with Crippen LogP contribution in [0.15, 0.2) is 144 Å². The fraction of sp³-hybridized carbons (Fsp3) is 0.370. The van der Waals surface area contributed by atoms with Gasteiger partial charge in [-0.3, -0.25) is 19.9 Å². The predicted octanol–water partition coefficient (Wildman–Crippen LogP) is 21.9. The molecule has 0 unspecified atom stereocenters. The standard InChI is InChI=1S/2C18H24N2.C14H14S2.2C2H3N.2F6P.Ru/c2*1-17(2,3)13-7-9-19-15(11-13)16-12-14(8-10-20-16)18(4,5)6;1-3-7-13(8-4-1)15-11-12-16-14-9-5-2-6-10-14;2*1-2-3;2*1-7(2,3,4,5)6;/h2*7-12H,1-6H3;1-10H,11-12H2;2*1H3;;;/q;;;;;2*-1;+2. The van der Waals surface area contributed by atoms with E-state index in [1.807, 2.05) is 48.3 Å². The Balaban J connectivity index is 0. The molecule has 0 saturated carbocycles. The van der Waals surface area contributed by atoms with Crippen LogP contribution in [0.5, 0.6) is 0 Å². The molecule has 6 nitrogen and oxygen atoms in total. The van der Waals surface area contributed by atoms with Crippen LogP contribution in [0.3, 0.4) is 0 Å². The SMILES string of the molecule is CC#N.CC#N.CC(C)(C)c1ccnc(-c2cc(C(C)(C)C)ccn2)c1.CC(C)(C)c1ccnc(-c2cc(C(C)(C)C)ccn2)c1.F[P-](F)(F)(F)(F)F.F[P-](F)(F)(F)(F)F.[Ru+2].c1ccc(SCCSc2ccccc2)cc1. The van der Waals surface area contributed by atoms with Crippen molar-refractivity contribution in [2.24, 2.45) is 0 Å². The van der Waals surface area contributed by atoms with Crippen LogP contribution in [0.2, 0.25) is 0 Å². The molecular formula is C54H68F12N6P2RuS2. The Labute approximate surface area is 468 Å². The number of nitriles is 2. The zero-order valence-corrected chi connectivity index (χ0v) is 50.6. The summed E-state index contributed by atoms with van der Waals surface area (Å²) in [7, 11) is -21.3. The molecule has 4 aromatic heterocycles. The Kier molecular flexibility index (Phi) is 27.5. The smallest absolute Gasteiger partial charge is 0.125 e. The summed E-state index contributed by atoms with van der Waals surface area (Å²) in [4.78, 5) is 20.7. The third kappa shape index (κ3) is 42.0. The second kappa shape index (κ2) is 28.5. The van der Waals surface area contributed by atoms with E-state index in [4.69, 9.17) is 10.5 Å². The largest absolute Gasteiger partial charge is 2.00 e. The van der Waals surface area contributed by atoms with Crippen LogP contribution in [0, 0.1) is 22.7 Å². The van der Waals surface area contributed by atoms with Crippen LogP contribution >= 0.6 is 39.1 Å². The van der Waals surface area contributed by atoms with Crippen LogP contribution in [-0.4, -0.2) is 31.4 Å². The number of aromatic nitrogens is 4. The average molecular weight is 1260 g/mol. The second-order valence-electron chi connectivity index (χ2n) is 20.4. The summed E-state index contributed by atoms with van der Waals surface area (Å²) in [5.41, 5.74) is 9.42. The van der Waals surface area contributed by atoms with Gasteiger partial charge in [-0.15, -0.1) is 23.5 Å². The number of hydrogen-bond donors (Lipinski definition) is 0. The molecule has 4 heterocycles. The molecule has 0 aliphatic rings. The topological polar surface area (TPSA) is 99.1 Å². The first kappa shape index (κ1) is 74.4. The fourth-order valence-corrected chi connectivity index (χ4v) is 7.34. The van der Waals surface area contributed by atoms with E-state index in [-0.39, 0.29) is 41.1 Å². The van der Waals surface area contributed by atoms with Crippen LogP contribution in [0.25, 0.3) is 22.8 Å². The number of rotatable bonds is 7. The minimum absolute atomic E-state index is 0. The molecule has 23 heteroatoms. The minimum atomic E-state index is -10.7. The maximum atomic E-state index is 9.87. The molecule has 0 aliphatic heterocycles.